The first-order valence-corrected chi connectivity index (χ1v) is 9.94. The van der Waals surface area contributed by atoms with E-state index in [1.807, 2.05) is 0 Å². The topological polar surface area (TPSA) is 66.9 Å². The Labute approximate surface area is 160 Å². The molecule has 2 aliphatic rings. The van der Waals surface area contributed by atoms with Crippen LogP contribution in [-0.2, 0) is 14.3 Å². The summed E-state index contributed by atoms with van der Waals surface area (Å²) in [7, 11) is 0. The van der Waals surface area contributed by atoms with E-state index in [-0.39, 0.29) is 30.2 Å². The number of amides is 2. The highest BCUT2D eigenvalue weighted by Gasteiger charge is 2.33. The molecule has 1 aromatic rings. The summed E-state index contributed by atoms with van der Waals surface area (Å²) in [4.78, 5) is 40.3. The number of benzene rings is 1. The number of likely N-dealkylation sites (tertiary alicyclic amines) is 1. The number of rotatable bonds is 7. The van der Waals surface area contributed by atoms with Crippen LogP contribution in [0.15, 0.2) is 24.3 Å². The summed E-state index contributed by atoms with van der Waals surface area (Å²) in [6.07, 6.45) is 4.94. The van der Waals surface area contributed by atoms with E-state index < -0.39 is 5.97 Å². The van der Waals surface area contributed by atoms with Crippen LogP contribution in [0.4, 0.5) is 5.69 Å². The maximum Gasteiger partial charge on any atom is 0.340 e. The van der Waals surface area contributed by atoms with E-state index in [0.717, 1.165) is 37.4 Å². The number of piperidine rings is 1. The lowest BCUT2D eigenvalue weighted by Crippen LogP contribution is -2.38. The van der Waals surface area contributed by atoms with Gasteiger partial charge in [-0.05, 0) is 44.5 Å². The largest absolute Gasteiger partial charge is 0.462 e. The van der Waals surface area contributed by atoms with E-state index >= 15 is 0 Å². The molecule has 2 aliphatic heterocycles. The number of hydrogen-bond acceptors (Lipinski definition) is 5. The summed E-state index contributed by atoms with van der Waals surface area (Å²) in [5, 5.41) is 0. The quantitative estimate of drug-likeness (QED) is 0.544. The molecule has 2 fully saturated rings. The number of anilines is 1. The fourth-order valence-corrected chi connectivity index (χ4v) is 3.83. The highest BCUT2D eigenvalue weighted by molar-refractivity contribution is 6.21. The lowest BCUT2D eigenvalue weighted by atomic mass is 9.98. The zero-order chi connectivity index (χ0) is 19.2. The van der Waals surface area contributed by atoms with Crippen molar-refractivity contribution in [2.24, 2.45) is 5.92 Å². The van der Waals surface area contributed by atoms with Gasteiger partial charge in [0.2, 0.25) is 11.8 Å². The summed E-state index contributed by atoms with van der Waals surface area (Å²) in [6, 6.07) is 6.69. The summed E-state index contributed by atoms with van der Waals surface area (Å²) in [6.45, 7) is 5.74. The SMILES string of the molecule is CCCCN1CCCC(COC(=O)c2ccccc2N2C(=O)CCC2=O)C1. The molecule has 1 atom stereocenters. The molecule has 0 N–H and O–H groups in total. The molecule has 2 heterocycles. The van der Waals surface area contributed by atoms with Gasteiger partial charge < -0.3 is 9.64 Å². The van der Waals surface area contributed by atoms with Crippen LogP contribution in [0.2, 0.25) is 0 Å². The molecule has 2 amide bonds. The van der Waals surface area contributed by atoms with Crippen molar-refractivity contribution >= 4 is 23.5 Å². The molecule has 0 aromatic heterocycles. The fourth-order valence-electron chi connectivity index (χ4n) is 3.83. The Morgan fingerprint density at radius 1 is 1.19 bits per heavy atom. The molecule has 0 bridgehead atoms. The molecule has 3 rings (SSSR count). The van der Waals surface area contributed by atoms with Gasteiger partial charge in [-0.2, -0.15) is 0 Å². The van der Waals surface area contributed by atoms with Crippen molar-refractivity contribution in [3.8, 4) is 0 Å². The number of carbonyl (C=O) groups is 3. The minimum atomic E-state index is -0.469. The number of para-hydroxylation sites is 1. The third-order valence-corrected chi connectivity index (χ3v) is 5.30. The van der Waals surface area contributed by atoms with Gasteiger partial charge in [0.25, 0.3) is 0 Å². The monoisotopic (exact) mass is 372 g/mol. The molecule has 1 unspecified atom stereocenters. The highest BCUT2D eigenvalue weighted by Crippen LogP contribution is 2.27. The van der Waals surface area contributed by atoms with Crippen LogP contribution < -0.4 is 4.90 Å². The van der Waals surface area contributed by atoms with E-state index in [1.165, 1.54) is 12.8 Å². The summed E-state index contributed by atoms with van der Waals surface area (Å²) >= 11 is 0. The van der Waals surface area contributed by atoms with Crippen molar-refractivity contribution < 1.29 is 19.1 Å². The summed E-state index contributed by atoms with van der Waals surface area (Å²) < 4.78 is 5.58. The molecule has 0 saturated carbocycles. The second-order valence-electron chi connectivity index (χ2n) is 7.40. The van der Waals surface area contributed by atoms with Gasteiger partial charge in [0.1, 0.15) is 0 Å². The molecule has 27 heavy (non-hydrogen) atoms. The lowest BCUT2D eigenvalue weighted by molar-refractivity contribution is -0.121. The number of hydrogen-bond donors (Lipinski definition) is 0. The van der Waals surface area contributed by atoms with Crippen molar-refractivity contribution in [3.05, 3.63) is 29.8 Å². The van der Waals surface area contributed by atoms with Crippen LogP contribution in [0.1, 0.15) is 55.8 Å². The Bertz CT molecular complexity index is 687. The zero-order valence-electron chi connectivity index (χ0n) is 16.0. The van der Waals surface area contributed by atoms with Crippen LogP contribution in [0.5, 0.6) is 0 Å². The molecular weight excluding hydrogens is 344 g/mol. The maximum atomic E-state index is 12.6. The van der Waals surface area contributed by atoms with Gasteiger partial charge in [-0.1, -0.05) is 25.5 Å². The highest BCUT2D eigenvalue weighted by atomic mass is 16.5. The fraction of sp³-hybridized carbons (Fsp3) is 0.571. The summed E-state index contributed by atoms with van der Waals surface area (Å²) in [5.74, 6) is -0.663. The van der Waals surface area contributed by atoms with Gasteiger partial charge in [0.05, 0.1) is 17.9 Å². The number of carbonyl (C=O) groups excluding carboxylic acids is 3. The average Bonchev–Trinajstić information content (AvgIpc) is 3.03. The molecule has 0 spiro atoms. The third kappa shape index (κ3) is 4.75. The zero-order valence-corrected chi connectivity index (χ0v) is 16.0. The van der Waals surface area contributed by atoms with Crippen LogP contribution in [0, 0.1) is 5.92 Å². The Kier molecular flexibility index (Phi) is 6.61. The number of esters is 1. The first kappa shape index (κ1) is 19.5. The lowest BCUT2D eigenvalue weighted by Gasteiger charge is -2.32. The Morgan fingerprint density at radius 3 is 2.67 bits per heavy atom. The van der Waals surface area contributed by atoms with Crippen molar-refractivity contribution in [3.63, 3.8) is 0 Å². The number of unbranched alkanes of at least 4 members (excludes halogenated alkanes) is 1. The predicted octanol–water partition coefficient (Wildman–Crippen LogP) is 3.01. The van der Waals surface area contributed by atoms with Crippen molar-refractivity contribution in [1.29, 1.82) is 0 Å². The standard InChI is InChI=1S/C21H28N2O4/c1-2-3-12-22-13-6-7-16(14-22)15-27-21(26)17-8-4-5-9-18(17)23-19(24)10-11-20(23)25/h4-5,8-9,16H,2-3,6-7,10-15H2,1H3. The molecule has 6 heteroatoms. The minimum Gasteiger partial charge on any atom is -0.462 e. The van der Waals surface area contributed by atoms with E-state index in [9.17, 15) is 14.4 Å². The Balaban J connectivity index is 1.62. The van der Waals surface area contributed by atoms with Gasteiger partial charge in [0, 0.05) is 25.3 Å². The molecular formula is C21H28N2O4. The third-order valence-electron chi connectivity index (χ3n) is 5.30. The molecule has 1 aromatic carbocycles. The molecule has 0 aliphatic carbocycles. The van der Waals surface area contributed by atoms with Gasteiger partial charge in [-0.25, -0.2) is 9.69 Å². The second kappa shape index (κ2) is 9.13. The van der Waals surface area contributed by atoms with Crippen LogP contribution >= 0.6 is 0 Å². The van der Waals surface area contributed by atoms with Gasteiger partial charge in [-0.15, -0.1) is 0 Å². The van der Waals surface area contributed by atoms with Crippen molar-refractivity contribution in [1.82, 2.24) is 4.90 Å². The Hall–Kier alpha value is -2.21. The smallest absolute Gasteiger partial charge is 0.340 e. The second-order valence-corrected chi connectivity index (χ2v) is 7.40. The van der Waals surface area contributed by atoms with Crippen LogP contribution in [-0.4, -0.2) is 48.9 Å². The van der Waals surface area contributed by atoms with Gasteiger partial charge >= 0.3 is 5.97 Å². The van der Waals surface area contributed by atoms with E-state index in [4.69, 9.17) is 4.74 Å². The minimum absolute atomic E-state index is 0.192. The van der Waals surface area contributed by atoms with Crippen LogP contribution in [0.25, 0.3) is 0 Å². The predicted molar refractivity (Wildman–Crippen MR) is 103 cm³/mol. The molecule has 146 valence electrons. The maximum absolute atomic E-state index is 12.6. The number of nitrogens with zero attached hydrogens (tertiary/aromatic N) is 2. The summed E-state index contributed by atoms with van der Waals surface area (Å²) in [5.41, 5.74) is 0.614. The first-order chi connectivity index (χ1) is 13.1. The molecule has 0 radical (unpaired) electrons. The van der Waals surface area contributed by atoms with Gasteiger partial charge in [0.15, 0.2) is 0 Å². The Morgan fingerprint density at radius 2 is 1.93 bits per heavy atom. The number of ether oxygens (including phenoxy) is 1. The van der Waals surface area contributed by atoms with Crippen LogP contribution in [0.3, 0.4) is 0 Å². The average molecular weight is 372 g/mol. The molecule has 2 saturated heterocycles. The van der Waals surface area contributed by atoms with E-state index in [1.54, 1.807) is 24.3 Å². The van der Waals surface area contributed by atoms with E-state index in [0.29, 0.717) is 18.2 Å². The van der Waals surface area contributed by atoms with Crippen molar-refractivity contribution in [2.45, 2.75) is 45.4 Å². The molecule has 6 nitrogen and oxygen atoms in total. The normalized spacial score (nSPS) is 20.9. The van der Waals surface area contributed by atoms with Crippen molar-refractivity contribution in [2.75, 3.05) is 31.1 Å². The number of imide groups is 1. The first-order valence-electron chi connectivity index (χ1n) is 9.94. The van der Waals surface area contributed by atoms with E-state index in [2.05, 4.69) is 11.8 Å². The van der Waals surface area contributed by atoms with Gasteiger partial charge in [-0.3, -0.25) is 9.59 Å².